The molecule has 0 aromatic carbocycles. The van der Waals surface area contributed by atoms with Crippen LogP contribution in [0.1, 0.15) is 142 Å². The van der Waals surface area contributed by atoms with E-state index in [0.717, 1.165) is 64.2 Å². The molecule has 0 amide bonds. The summed E-state index contributed by atoms with van der Waals surface area (Å²) in [5.74, 6) is -1.33. The minimum Gasteiger partial charge on any atom is -0.481 e. The molecule has 0 saturated carbocycles. The molecule has 172 valence electrons. The molecule has 0 aromatic heterocycles. The number of carboxylic acid groups (broad SMARTS) is 2. The fourth-order valence-corrected chi connectivity index (χ4v) is 4.02. The van der Waals surface area contributed by atoms with Crippen molar-refractivity contribution in [3.63, 3.8) is 0 Å². The van der Waals surface area contributed by atoms with E-state index in [-0.39, 0.29) is 6.42 Å². The minimum absolute atomic E-state index is 0.284. The van der Waals surface area contributed by atoms with E-state index >= 15 is 0 Å². The summed E-state index contributed by atoms with van der Waals surface area (Å²) in [5.41, 5.74) is -0.558. The van der Waals surface area contributed by atoms with Crippen molar-refractivity contribution in [3.05, 3.63) is 0 Å². The van der Waals surface area contributed by atoms with Gasteiger partial charge in [-0.05, 0) is 26.2 Å². The fraction of sp³-hybridized carbons (Fsp3) is 0.920. The highest BCUT2D eigenvalue weighted by atomic mass is 16.4. The van der Waals surface area contributed by atoms with Gasteiger partial charge in [-0.15, -0.1) is 0 Å². The number of rotatable bonds is 22. The number of carboxylic acids is 2. The Hall–Kier alpha value is -1.06. The number of hydrogen-bond acceptors (Lipinski definition) is 2. The Labute approximate surface area is 179 Å². The van der Waals surface area contributed by atoms with Crippen LogP contribution in [-0.2, 0) is 9.59 Å². The highest BCUT2D eigenvalue weighted by molar-refractivity contribution is 5.74. The Morgan fingerprint density at radius 3 is 1.28 bits per heavy atom. The van der Waals surface area contributed by atoms with Gasteiger partial charge in [0.05, 0.1) is 5.41 Å². The van der Waals surface area contributed by atoms with Crippen molar-refractivity contribution in [2.75, 3.05) is 0 Å². The van der Waals surface area contributed by atoms with Gasteiger partial charge in [0.2, 0.25) is 0 Å². The molecule has 0 spiro atoms. The molecule has 29 heavy (non-hydrogen) atoms. The predicted octanol–water partition coefficient (Wildman–Crippen LogP) is 7.98. The Balaban J connectivity index is 3.68. The molecule has 0 rings (SSSR count). The molecule has 1 unspecified atom stereocenters. The smallest absolute Gasteiger partial charge is 0.309 e. The second-order valence-corrected chi connectivity index (χ2v) is 9.17. The van der Waals surface area contributed by atoms with Crippen LogP contribution in [-0.4, -0.2) is 22.2 Å². The largest absolute Gasteiger partial charge is 0.481 e. The van der Waals surface area contributed by atoms with Crippen molar-refractivity contribution in [1.29, 1.82) is 0 Å². The summed E-state index contributed by atoms with van der Waals surface area (Å²) >= 11 is 0. The third-order valence-corrected chi connectivity index (χ3v) is 6.22. The van der Waals surface area contributed by atoms with Crippen LogP contribution in [0, 0.1) is 5.41 Å². The van der Waals surface area contributed by atoms with Crippen molar-refractivity contribution >= 4 is 11.9 Å². The minimum atomic E-state index is -0.700. The van der Waals surface area contributed by atoms with Gasteiger partial charge in [-0.3, -0.25) is 9.59 Å². The lowest BCUT2D eigenvalue weighted by molar-refractivity contribution is -0.149. The second kappa shape index (κ2) is 18.9. The van der Waals surface area contributed by atoms with Crippen molar-refractivity contribution < 1.29 is 19.8 Å². The Bertz CT molecular complexity index is 408. The van der Waals surface area contributed by atoms with Gasteiger partial charge in [-0.25, -0.2) is 0 Å². The number of hydrogen-bond donors (Lipinski definition) is 2. The topological polar surface area (TPSA) is 74.6 Å². The summed E-state index contributed by atoms with van der Waals surface area (Å²) in [6.07, 6.45) is 21.8. The maximum Gasteiger partial charge on any atom is 0.309 e. The van der Waals surface area contributed by atoms with Crippen molar-refractivity contribution in [1.82, 2.24) is 0 Å². The molecule has 0 radical (unpaired) electrons. The molecule has 0 aliphatic heterocycles. The van der Waals surface area contributed by atoms with E-state index in [1.165, 1.54) is 57.8 Å². The molecule has 0 heterocycles. The van der Waals surface area contributed by atoms with Gasteiger partial charge in [0.1, 0.15) is 0 Å². The van der Waals surface area contributed by atoms with Gasteiger partial charge in [0.15, 0.2) is 0 Å². The third kappa shape index (κ3) is 17.5. The number of aliphatic carboxylic acids is 2. The lowest BCUT2D eigenvalue weighted by Gasteiger charge is -2.24. The molecule has 0 aliphatic rings. The van der Waals surface area contributed by atoms with Crippen LogP contribution in [0.15, 0.2) is 0 Å². The monoisotopic (exact) mass is 412 g/mol. The summed E-state index contributed by atoms with van der Waals surface area (Å²) in [4.78, 5) is 22.2. The molecule has 0 aliphatic carbocycles. The van der Waals surface area contributed by atoms with E-state index in [1.54, 1.807) is 0 Å². The molecule has 0 bridgehead atoms. The Kier molecular flexibility index (Phi) is 18.2. The molecular formula is C25H48O4. The average Bonchev–Trinajstić information content (AvgIpc) is 2.67. The molecule has 0 fully saturated rings. The lowest BCUT2D eigenvalue weighted by Crippen LogP contribution is -2.27. The quantitative estimate of drug-likeness (QED) is 0.177. The van der Waals surface area contributed by atoms with Crippen LogP contribution in [0.4, 0.5) is 0 Å². The van der Waals surface area contributed by atoms with E-state index in [4.69, 9.17) is 5.11 Å². The number of carbonyl (C=O) groups is 2. The van der Waals surface area contributed by atoms with E-state index < -0.39 is 17.4 Å². The van der Waals surface area contributed by atoms with E-state index in [1.807, 2.05) is 6.92 Å². The van der Waals surface area contributed by atoms with Crippen molar-refractivity contribution in [2.24, 2.45) is 5.41 Å². The van der Waals surface area contributed by atoms with Crippen LogP contribution < -0.4 is 0 Å². The summed E-state index contributed by atoms with van der Waals surface area (Å²) in [6.45, 7) is 4.18. The Morgan fingerprint density at radius 2 is 0.931 bits per heavy atom. The first kappa shape index (κ1) is 27.9. The van der Waals surface area contributed by atoms with Gasteiger partial charge < -0.3 is 10.2 Å². The Morgan fingerprint density at radius 1 is 0.586 bits per heavy atom. The second-order valence-electron chi connectivity index (χ2n) is 9.17. The zero-order chi connectivity index (χ0) is 21.8. The van der Waals surface area contributed by atoms with Gasteiger partial charge in [0, 0.05) is 6.42 Å². The van der Waals surface area contributed by atoms with Gasteiger partial charge >= 0.3 is 11.9 Å². The van der Waals surface area contributed by atoms with E-state index in [0.29, 0.717) is 0 Å². The molecule has 1 atom stereocenters. The predicted molar refractivity (Wildman–Crippen MR) is 121 cm³/mol. The molecular weight excluding hydrogens is 364 g/mol. The van der Waals surface area contributed by atoms with Crippen molar-refractivity contribution in [3.8, 4) is 0 Å². The van der Waals surface area contributed by atoms with E-state index in [9.17, 15) is 14.7 Å². The number of unbranched alkanes of at least 4 members (excludes halogenated alkanes) is 15. The maximum absolute atomic E-state index is 11.8. The van der Waals surface area contributed by atoms with E-state index in [2.05, 4.69) is 6.92 Å². The fourth-order valence-electron chi connectivity index (χ4n) is 4.02. The summed E-state index contributed by atoms with van der Waals surface area (Å²) in [6, 6.07) is 0. The maximum atomic E-state index is 11.8. The zero-order valence-electron chi connectivity index (χ0n) is 19.4. The van der Waals surface area contributed by atoms with Crippen LogP contribution in [0.2, 0.25) is 0 Å². The third-order valence-electron chi connectivity index (χ3n) is 6.22. The standard InChI is InChI=1S/C25H48O4/c1-3-4-5-6-7-9-12-15-18-21-25(2,24(28)29)22-19-16-13-10-8-11-14-17-20-23(26)27/h3-22H2,1-2H3,(H,26,27)(H,28,29). The SMILES string of the molecule is CCCCCCCCCCCC(C)(CCCCCCCCCCC(=O)O)C(=O)O. The van der Waals surface area contributed by atoms with Gasteiger partial charge in [0.25, 0.3) is 0 Å². The summed E-state index contributed by atoms with van der Waals surface area (Å²) in [5, 5.41) is 18.3. The van der Waals surface area contributed by atoms with Gasteiger partial charge in [-0.2, -0.15) is 0 Å². The first-order chi connectivity index (χ1) is 13.9. The molecule has 2 N–H and O–H groups in total. The highest BCUT2D eigenvalue weighted by Gasteiger charge is 2.31. The summed E-state index contributed by atoms with van der Waals surface area (Å²) in [7, 11) is 0. The molecule has 4 nitrogen and oxygen atoms in total. The average molecular weight is 413 g/mol. The first-order valence-corrected chi connectivity index (χ1v) is 12.4. The highest BCUT2D eigenvalue weighted by Crippen LogP contribution is 2.32. The first-order valence-electron chi connectivity index (χ1n) is 12.4. The van der Waals surface area contributed by atoms with Crippen LogP contribution in [0.5, 0.6) is 0 Å². The van der Waals surface area contributed by atoms with Gasteiger partial charge in [-0.1, -0.05) is 110 Å². The van der Waals surface area contributed by atoms with Crippen LogP contribution in [0.3, 0.4) is 0 Å². The lowest BCUT2D eigenvalue weighted by atomic mass is 9.80. The normalized spacial score (nSPS) is 13.3. The van der Waals surface area contributed by atoms with Crippen LogP contribution >= 0.6 is 0 Å². The molecule has 0 aromatic rings. The summed E-state index contributed by atoms with van der Waals surface area (Å²) < 4.78 is 0. The molecule has 0 saturated heterocycles. The van der Waals surface area contributed by atoms with Crippen LogP contribution in [0.25, 0.3) is 0 Å². The molecule has 4 heteroatoms. The van der Waals surface area contributed by atoms with Crippen molar-refractivity contribution in [2.45, 2.75) is 142 Å². The zero-order valence-corrected chi connectivity index (χ0v) is 19.4.